The minimum Gasteiger partial charge on any atom is -0.496 e. The summed E-state index contributed by atoms with van der Waals surface area (Å²) in [6, 6.07) is 12.0. The molecular weight excluding hydrogens is 406 g/mol. The van der Waals surface area contributed by atoms with Gasteiger partial charge in [0, 0.05) is 23.9 Å². The predicted molar refractivity (Wildman–Crippen MR) is 105 cm³/mol. The van der Waals surface area contributed by atoms with Crippen molar-refractivity contribution in [3.8, 4) is 5.75 Å². The number of anilines is 2. The first kappa shape index (κ1) is 18.9. The van der Waals surface area contributed by atoms with Crippen molar-refractivity contribution in [1.82, 2.24) is 5.32 Å². The Morgan fingerprint density at radius 2 is 1.64 bits per heavy atom. The van der Waals surface area contributed by atoms with Crippen LogP contribution in [0.3, 0.4) is 0 Å². The molecule has 0 unspecified atom stereocenters. The molecule has 130 valence electrons. The Bertz CT molecular complexity index is 809. The maximum atomic E-state index is 12.3. The Kier molecular flexibility index (Phi) is 6.49. The van der Waals surface area contributed by atoms with Gasteiger partial charge in [-0.2, -0.15) is 0 Å². The number of benzene rings is 2. The van der Waals surface area contributed by atoms with Crippen molar-refractivity contribution in [2.24, 2.45) is 0 Å². The van der Waals surface area contributed by atoms with E-state index in [4.69, 9.17) is 17.0 Å². The molecule has 2 aromatic rings. The molecule has 8 heteroatoms. The van der Waals surface area contributed by atoms with E-state index in [-0.39, 0.29) is 16.9 Å². The lowest BCUT2D eigenvalue weighted by molar-refractivity contribution is -0.117. The lowest BCUT2D eigenvalue weighted by Crippen LogP contribution is -2.32. The van der Waals surface area contributed by atoms with Gasteiger partial charge < -0.3 is 20.7 Å². The number of carbonyl (C=O) groups excluding carboxylic acids is 2. The number of nitrogens with one attached hydrogen (secondary N) is 3. The molecule has 0 aliphatic heterocycles. The first-order valence-corrected chi connectivity index (χ1v) is 8.42. The summed E-state index contributed by atoms with van der Waals surface area (Å²) >= 11 is 8.34. The molecule has 0 spiro atoms. The predicted octanol–water partition coefficient (Wildman–Crippen LogP) is 3.54. The Hall–Kier alpha value is -2.45. The summed E-state index contributed by atoms with van der Waals surface area (Å²) in [6.45, 7) is 1.38. The van der Waals surface area contributed by atoms with E-state index in [1.165, 1.54) is 6.92 Å². The van der Waals surface area contributed by atoms with Crippen LogP contribution in [0.15, 0.2) is 46.9 Å². The zero-order valence-electron chi connectivity index (χ0n) is 13.6. The van der Waals surface area contributed by atoms with Crippen LogP contribution in [-0.2, 0) is 4.79 Å². The molecule has 0 fully saturated rings. The number of thiocarbonyl (C=S) groups is 1. The van der Waals surface area contributed by atoms with Gasteiger partial charge in [0.05, 0.1) is 11.6 Å². The van der Waals surface area contributed by atoms with E-state index in [2.05, 4.69) is 31.9 Å². The van der Waals surface area contributed by atoms with Gasteiger partial charge in [-0.25, -0.2) is 0 Å². The Labute approximate surface area is 159 Å². The van der Waals surface area contributed by atoms with Crippen LogP contribution in [0, 0.1) is 0 Å². The van der Waals surface area contributed by atoms with Crippen LogP contribution in [0.2, 0.25) is 0 Å². The summed E-state index contributed by atoms with van der Waals surface area (Å²) in [5, 5.41) is 8.36. The van der Waals surface area contributed by atoms with Gasteiger partial charge in [0.25, 0.3) is 5.91 Å². The largest absolute Gasteiger partial charge is 0.496 e. The number of carbonyl (C=O) groups is 2. The van der Waals surface area contributed by atoms with Crippen molar-refractivity contribution in [3.05, 3.63) is 52.5 Å². The minimum absolute atomic E-state index is 0.215. The van der Waals surface area contributed by atoms with Crippen LogP contribution >= 0.6 is 28.1 Å². The molecule has 0 heterocycles. The molecule has 0 aliphatic rings. The molecule has 2 rings (SSSR count). The lowest BCUT2D eigenvalue weighted by atomic mass is 10.2. The Morgan fingerprint density at radius 1 is 1.04 bits per heavy atom. The molecule has 2 aromatic carbocycles. The second-order valence-corrected chi connectivity index (χ2v) is 6.28. The molecule has 25 heavy (non-hydrogen) atoms. The summed E-state index contributed by atoms with van der Waals surface area (Å²) in [6.07, 6.45) is 0. The van der Waals surface area contributed by atoms with E-state index < -0.39 is 0 Å². The quantitative estimate of drug-likeness (QED) is 0.657. The lowest BCUT2D eigenvalue weighted by Gasteiger charge is -2.10. The van der Waals surface area contributed by atoms with Gasteiger partial charge in [-0.1, -0.05) is 0 Å². The highest BCUT2D eigenvalue weighted by atomic mass is 79.9. The maximum Gasteiger partial charge on any atom is 0.255 e. The third-order valence-corrected chi connectivity index (χ3v) is 3.93. The first-order valence-electron chi connectivity index (χ1n) is 7.22. The number of halogens is 1. The van der Waals surface area contributed by atoms with Gasteiger partial charge in [0.1, 0.15) is 5.75 Å². The minimum atomic E-state index is -0.243. The van der Waals surface area contributed by atoms with Crippen molar-refractivity contribution in [2.75, 3.05) is 17.7 Å². The standard InChI is InChI=1S/C17H16BrN3O3S/c1-10(22)19-17(25)21-13-6-4-12(5-7-13)20-16(23)11-3-8-15(24-2)14(18)9-11/h3-9H,1-2H3,(H,20,23)(H2,19,21,22,25). The van der Waals surface area contributed by atoms with Crippen molar-refractivity contribution >= 4 is 56.4 Å². The van der Waals surface area contributed by atoms with E-state index in [1.807, 2.05) is 0 Å². The SMILES string of the molecule is COc1ccc(C(=O)Nc2ccc(NC(=S)NC(C)=O)cc2)cc1Br. The molecule has 3 N–H and O–H groups in total. The van der Waals surface area contributed by atoms with Crippen molar-refractivity contribution in [3.63, 3.8) is 0 Å². The highest BCUT2D eigenvalue weighted by Crippen LogP contribution is 2.26. The van der Waals surface area contributed by atoms with E-state index >= 15 is 0 Å². The van der Waals surface area contributed by atoms with Crippen molar-refractivity contribution in [2.45, 2.75) is 6.92 Å². The number of amides is 2. The van der Waals surface area contributed by atoms with Crippen LogP contribution in [0.4, 0.5) is 11.4 Å². The molecule has 0 saturated heterocycles. The number of hydrogen-bond donors (Lipinski definition) is 3. The first-order chi connectivity index (χ1) is 11.9. The number of methoxy groups -OCH3 is 1. The second kappa shape index (κ2) is 8.59. The molecule has 0 aliphatic carbocycles. The highest BCUT2D eigenvalue weighted by Gasteiger charge is 2.09. The average Bonchev–Trinajstić information content (AvgIpc) is 2.55. The fourth-order valence-corrected chi connectivity index (χ4v) is 2.77. The van der Waals surface area contributed by atoms with E-state index in [0.29, 0.717) is 27.2 Å². The second-order valence-electron chi connectivity index (χ2n) is 5.02. The van der Waals surface area contributed by atoms with E-state index in [9.17, 15) is 9.59 Å². The smallest absolute Gasteiger partial charge is 0.255 e. The molecule has 0 bridgehead atoms. The maximum absolute atomic E-state index is 12.3. The third-order valence-electron chi connectivity index (χ3n) is 3.10. The third kappa shape index (κ3) is 5.54. The van der Waals surface area contributed by atoms with Gasteiger partial charge >= 0.3 is 0 Å². The number of rotatable bonds is 4. The summed E-state index contributed by atoms with van der Waals surface area (Å²) in [7, 11) is 1.56. The van der Waals surface area contributed by atoms with Gasteiger partial charge in [-0.3, -0.25) is 9.59 Å². The topological polar surface area (TPSA) is 79.5 Å². The van der Waals surface area contributed by atoms with Gasteiger partial charge in [0.15, 0.2) is 5.11 Å². The summed E-state index contributed by atoms with van der Waals surface area (Å²) in [4.78, 5) is 23.2. The van der Waals surface area contributed by atoms with Crippen LogP contribution in [0.1, 0.15) is 17.3 Å². The molecular formula is C17H16BrN3O3S. The summed E-state index contributed by atoms with van der Waals surface area (Å²) in [5.74, 6) is 0.173. The van der Waals surface area contributed by atoms with E-state index in [0.717, 1.165) is 0 Å². The Morgan fingerprint density at radius 3 is 2.16 bits per heavy atom. The van der Waals surface area contributed by atoms with Crippen molar-refractivity contribution < 1.29 is 14.3 Å². The fraction of sp³-hybridized carbons (Fsp3) is 0.118. The van der Waals surface area contributed by atoms with Crippen molar-refractivity contribution in [1.29, 1.82) is 0 Å². The van der Waals surface area contributed by atoms with Gasteiger partial charge in [-0.05, 0) is 70.6 Å². The zero-order valence-corrected chi connectivity index (χ0v) is 16.0. The highest BCUT2D eigenvalue weighted by molar-refractivity contribution is 9.10. The molecule has 0 aromatic heterocycles. The fourth-order valence-electron chi connectivity index (χ4n) is 1.97. The number of hydrogen-bond acceptors (Lipinski definition) is 4. The molecule has 6 nitrogen and oxygen atoms in total. The molecule has 0 radical (unpaired) electrons. The summed E-state index contributed by atoms with van der Waals surface area (Å²) in [5.41, 5.74) is 1.83. The van der Waals surface area contributed by atoms with Crippen LogP contribution < -0.4 is 20.7 Å². The van der Waals surface area contributed by atoms with E-state index in [1.54, 1.807) is 49.6 Å². The molecule has 0 atom stereocenters. The summed E-state index contributed by atoms with van der Waals surface area (Å²) < 4.78 is 5.85. The normalized spacial score (nSPS) is 9.88. The molecule has 0 saturated carbocycles. The molecule has 2 amide bonds. The average molecular weight is 422 g/mol. The zero-order chi connectivity index (χ0) is 18.4. The van der Waals surface area contributed by atoms with Crippen LogP contribution in [0.5, 0.6) is 5.75 Å². The monoisotopic (exact) mass is 421 g/mol. The van der Waals surface area contributed by atoms with Crippen LogP contribution in [0.25, 0.3) is 0 Å². The van der Waals surface area contributed by atoms with Gasteiger partial charge in [0.2, 0.25) is 5.91 Å². The van der Waals surface area contributed by atoms with Gasteiger partial charge in [-0.15, -0.1) is 0 Å². The number of ether oxygens (including phenoxy) is 1. The van der Waals surface area contributed by atoms with Crippen LogP contribution in [-0.4, -0.2) is 24.0 Å². The Balaban J connectivity index is 2.01.